The van der Waals surface area contributed by atoms with Crippen LogP contribution in [0.4, 0.5) is 0 Å². The molecule has 12 heavy (non-hydrogen) atoms. The number of carbonyl (C=O) groups excluding carboxylic acids is 1. The summed E-state index contributed by atoms with van der Waals surface area (Å²) >= 11 is 1.83. The van der Waals surface area contributed by atoms with Crippen molar-refractivity contribution in [2.45, 2.75) is 18.7 Å². The van der Waals surface area contributed by atoms with Crippen LogP contribution in [0.5, 0.6) is 0 Å². The fourth-order valence-electron chi connectivity index (χ4n) is 1.32. The van der Waals surface area contributed by atoms with Crippen molar-refractivity contribution >= 4 is 17.7 Å². The molecule has 1 fully saturated rings. The molecule has 1 amide bonds. The smallest absolute Gasteiger partial charge is 0.230 e. The molecule has 3 heteroatoms. The van der Waals surface area contributed by atoms with Gasteiger partial charge in [-0.05, 0) is 12.5 Å². The van der Waals surface area contributed by atoms with Gasteiger partial charge in [0.05, 0.1) is 11.8 Å². The molecular weight excluding hydrogens is 170 g/mol. The number of β-lactam (4-membered cyclic amide) rings is 1. The van der Waals surface area contributed by atoms with Crippen LogP contribution >= 0.6 is 11.8 Å². The molecule has 0 aromatic heterocycles. The monoisotopic (exact) mass is 181 g/mol. The third-order valence-electron chi connectivity index (χ3n) is 2.22. The van der Waals surface area contributed by atoms with Gasteiger partial charge >= 0.3 is 0 Å². The Labute approximate surface area is 76.3 Å². The van der Waals surface area contributed by atoms with E-state index in [1.54, 1.807) is 0 Å². The Bertz CT molecular complexity index is 282. The standard InChI is InChI=1S/C9H11NOS/c1-6(2)7-4-10-8(11)3-9(10)12-5-7/h4,9H,1,3,5H2,2H3/t9-/m0/s1. The average Bonchev–Trinajstić information content (AvgIpc) is 2.02. The van der Waals surface area contributed by atoms with E-state index in [9.17, 15) is 4.79 Å². The lowest BCUT2D eigenvalue weighted by Crippen LogP contribution is -2.49. The SMILES string of the molecule is C=C(C)C1=CN2C(=O)C[C@@H]2SC1. The Morgan fingerprint density at radius 2 is 2.58 bits per heavy atom. The maximum atomic E-state index is 11.1. The maximum absolute atomic E-state index is 11.1. The summed E-state index contributed by atoms with van der Waals surface area (Å²) in [7, 11) is 0. The molecule has 2 aliphatic rings. The number of rotatable bonds is 1. The van der Waals surface area contributed by atoms with E-state index >= 15 is 0 Å². The topological polar surface area (TPSA) is 20.3 Å². The molecule has 1 atom stereocenters. The number of allylic oxidation sites excluding steroid dienone is 1. The summed E-state index contributed by atoms with van der Waals surface area (Å²) in [5, 5.41) is 0.417. The normalized spacial score (nSPS) is 27.4. The summed E-state index contributed by atoms with van der Waals surface area (Å²) in [5.74, 6) is 1.25. The predicted octanol–water partition coefficient (Wildman–Crippen LogP) is 1.75. The fourth-order valence-corrected chi connectivity index (χ4v) is 2.61. The second kappa shape index (κ2) is 2.66. The molecule has 0 unspecified atom stereocenters. The zero-order valence-electron chi connectivity index (χ0n) is 7.04. The molecule has 0 N–H and O–H groups in total. The van der Waals surface area contributed by atoms with Gasteiger partial charge in [-0.25, -0.2) is 0 Å². The van der Waals surface area contributed by atoms with E-state index in [2.05, 4.69) is 6.58 Å². The molecule has 0 radical (unpaired) electrons. The van der Waals surface area contributed by atoms with Gasteiger partial charge in [-0.15, -0.1) is 11.8 Å². The van der Waals surface area contributed by atoms with Crippen LogP contribution in [0.25, 0.3) is 0 Å². The molecule has 0 spiro atoms. The summed E-state index contributed by atoms with van der Waals surface area (Å²) in [4.78, 5) is 12.9. The van der Waals surface area contributed by atoms with Crippen molar-refractivity contribution in [2.24, 2.45) is 0 Å². The molecule has 1 saturated heterocycles. The van der Waals surface area contributed by atoms with Gasteiger partial charge in [0.1, 0.15) is 0 Å². The van der Waals surface area contributed by atoms with Crippen molar-refractivity contribution in [2.75, 3.05) is 5.75 Å². The van der Waals surface area contributed by atoms with Gasteiger partial charge in [0.15, 0.2) is 0 Å². The zero-order chi connectivity index (χ0) is 8.72. The van der Waals surface area contributed by atoms with Gasteiger partial charge in [0.2, 0.25) is 5.91 Å². The molecule has 0 bridgehead atoms. The Kier molecular flexibility index (Phi) is 1.76. The lowest BCUT2D eigenvalue weighted by molar-refractivity contribution is -0.137. The third-order valence-corrected chi connectivity index (χ3v) is 3.48. The third kappa shape index (κ3) is 1.08. The second-order valence-corrected chi connectivity index (χ2v) is 4.37. The average molecular weight is 181 g/mol. The van der Waals surface area contributed by atoms with Crippen LogP contribution in [0.1, 0.15) is 13.3 Å². The van der Waals surface area contributed by atoms with E-state index in [1.165, 1.54) is 5.57 Å². The number of amides is 1. The molecule has 2 nitrogen and oxygen atoms in total. The first-order valence-corrected chi connectivity index (χ1v) is 5.02. The first-order chi connectivity index (χ1) is 5.68. The molecule has 2 rings (SSSR count). The first-order valence-electron chi connectivity index (χ1n) is 3.98. The van der Waals surface area contributed by atoms with Gasteiger partial charge in [-0.3, -0.25) is 4.79 Å². The number of hydrogen-bond acceptors (Lipinski definition) is 2. The quantitative estimate of drug-likeness (QED) is 0.574. The summed E-state index contributed by atoms with van der Waals surface area (Å²) < 4.78 is 0. The van der Waals surface area contributed by atoms with Crippen LogP contribution in [-0.2, 0) is 4.79 Å². The van der Waals surface area contributed by atoms with Gasteiger partial charge < -0.3 is 4.90 Å². The molecule has 2 heterocycles. The fraction of sp³-hybridized carbons (Fsp3) is 0.444. The molecule has 2 aliphatic heterocycles. The minimum atomic E-state index is 0.242. The molecule has 64 valence electrons. The van der Waals surface area contributed by atoms with Crippen LogP contribution in [0.2, 0.25) is 0 Å². The van der Waals surface area contributed by atoms with Crippen molar-refractivity contribution in [3.8, 4) is 0 Å². The van der Waals surface area contributed by atoms with Crippen molar-refractivity contribution in [1.82, 2.24) is 4.90 Å². The second-order valence-electron chi connectivity index (χ2n) is 3.21. The van der Waals surface area contributed by atoms with E-state index in [4.69, 9.17) is 0 Å². The molecular formula is C9H11NOS. The van der Waals surface area contributed by atoms with Gasteiger partial charge in [0, 0.05) is 12.0 Å². The highest BCUT2D eigenvalue weighted by Gasteiger charge is 2.37. The van der Waals surface area contributed by atoms with E-state index in [-0.39, 0.29) is 5.91 Å². The number of thioether (sulfide) groups is 1. The van der Waals surface area contributed by atoms with E-state index < -0.39 is 0 Å². The minimum absolute atomic E-state index is 0.242. The minimum Gasteiger partial charge on any atom is -0.306 e. The summed E-state index contributed by atoms with van der Waals surface area (Å²) in [6.45, 7) is 5.85. The van der Waals surface area contributed by atoms with Crippen molar-refractivity contribution in [1.29, 1.82) is 0 Å². The Balaban J connectivity index is 2.19. The molecule has 0 saturated carbocycles. The Morgan fingerprint density at radius 3 is 3.17 bits per heavy atom. The Morgan fingerprint density at radius 1 is 1.83 bits per heavy atom. The number of nitrogens with zero attached hydrogens (tertiary/aromatic N) is 1. The highest BCUT2D eigenvalue weighted by Crippen LogP contribution is 2.36. The largest absolute Gasteiger partial charge is 0.306 e. The first kappa shape index (κ1) is 7.92. The number of carbonyl (C=O) groups is 1. The van der Waals surface area contributed by atoms with Gasteiger partial charge in [0.25, 0.3) is 0 Å². The van der Waals surface area contributed by atoms with Gasteiger partial charge in [-0.1, -0.05) is 12.2 Å². The van der Waals surface area contributed by atoms with Crippen molar-refractivity contribution in [3.05, 3.63) is 23.9 Å². The van der Waals surface area contributed by atoms with E-state index in [0.29, 0.717) is 11.8 Å². The van der Waals surface area contributed by atoms with Crippen LogP contribution in [0, 0.1) is 0 Å². The predicted molar refractivity (Wildman–Crippen MR) is 50.6 cm³/mol. The molecule has 0 aliphatic carbocycles. The van der Waals surface area contributed by atoms with E-state index in [0.717, 1.165) is 11.3 Å². The lowest BCUT2D eigenvalue weighted by atomic mass is 10.1. The Hall–Kier alpha value is -0.700. The van der Waals surface area contributed by atoms with Gasteiger partial charge in [-0.2, -0.15) is 0 Å². The van der Waals surface area contributed by atoms with Crippen LogP contribution in [-0.4, -0.2) is 21.9 Å². The summed E-state index contributed by atoms with van der Waals surface area (Å²) in [6.07, 6.45) is 2.67. The molecule has 0 aromatic carbocycles. The number of fused-ring (bicyclic) bond motifs is 1. The van der Waals surface area contributed by atoms with Crippen LogP contribution in [0.15, 0.2) is 23.9 Å². The summed E-state index contributed by atoms with van der Waals surface area (Å²) in [5.41, 5.74) is 2.27. The summed E-state index contributed by atoms with van der Waals surface area (Å²) in [6, 6.07) is 0. The highest BCUT2D eigenvalue weighted by molar-refractivity contribution is 8.00. The maximum Gasteiger partial charge on any atom is 0.230 e. The van der Waals surface area contributed by atoms with E-state index in [1.807, 2.05) is 29.8 Å². The number of hydrogen-bond donors (Lipinski definition) is 0. The van der Waals surface area contributed by atoms with Crippen LogP contribution in [0.3, 0.4) is 0 Å². The highest BCUT2D eigenvalue weighted by atomic mass is 32.2. The lowest BCUT2D eigenvalue weighted by Gasteiger charge is -2.41. The van der Waals surface area contributed by atoms with Crippen LogP contribution < -0.4 is 0 Å². The van der Waals surface area contributed by atoms with Crippen molar-refractivity contribution < 1.29 is 4.79 Å². The van der Waals surface area contributed by atoms with Crippen molar-refractivity contribution in [3.63, 3.8) is 0 Å². The molecule has 0 aromatic rings. The zero-order valence-corrected chi connectivity index (χ0v) is 7.86.